The lowest BCUT2D eigenvalue weighted by atomic mass is 9.75. The fraction of sp³-hybridized carbons (Fsp3) is 0.381. The Balaban J connectivity index is 1.71. The summed E-state index contributed by atoms with van der Waals surface area (Å²) in [5.74, 6) is -1.90. The fourth-order valence-corrected chi connectivity index (χ4v) is 4.53. The third-order valence-electron chi connectivity index (χ3n) is 5.17. The summed E-state index contributed by atoms with van der Waals surface area (Å²) in [4.78, 5) is 20.3. The molecule has 1 aromatic heterocycles. The molecular formula is C21H22F4N4O3S. The normalized spacial score (nSPS) is 25.8. The van der Waals surface area contributed by atoms with Crippen LogP contribution in [0.2, 0.25) is 0 Å². The molecule has 3 atom stereocenters. The van der Waals surface area contributed by atoms with E-state index in [1.165, 1.54) is 36.9 Å². The molecule has 0 unspecified atom stereocenters. The number of ether oxygens (including phenoxy) is 2. The van der Waals surface area contributed by atoms with Gasteiger partial charge in [-0.2, -0.15) is 8.78 Å². The van der Waals surface area contributed by atoms with Crippen molar-refractivity contribution in [1.29, 1.82) is 0 Å². The van der Waals surface area contributed by atoms with E-state index in [-0.39, 0.29) is 41.1 Å². The van der Waals surface area contributed by atoms with Crippen molar-refractivity contribution in [3.8, 4) is 5.75 Å². The van der Waals surface area contributed by atoms with E-state index in [2.05, 4.69) is 26.6 Å². The van der Waals surface area contributed by atoms with Crippen molar-refractivity contribution in [2.75, 3.05) is 19.0 Å². The molecule has 178 valence electrons. The zero-order valence-corrected chi connectivity index (χ0v) is 18.4. The standard InChI is InChI=1S/C21H22F4N4O3S/c1-11(28-18(30)17-6-4-13(7-27-17)32-19(24)25)3-5-15(22)12(2)21-10-31-8-16(23)14(21)9-33-20(26)29-21/h3-7,14,16,19H,2,8-10H2,1H3,(H2,26,29)(H,28,30)/b11-3+,15-5+/t14-,16-,21-/m1/s1. The molecule has 0 bridgehead atoms. The Morgan fingerprint density at radius 2 is 2.21 bits per heavy atom. The molecule has 0 aromatic carbocycles. The Morgan fingerprint density at radius 1 is 1.45 bits per heavy atom. The maximum Gasteiger partial charge on any atom is 0.387 e. The van der Waals surface area contributed by atoms with E-state index in [1.54, 1.807) is 0 Å². The van der Waals surface area contributed by atoms with Crippen LogP contribution in [-0.4, -0.2) is 53.3 Å². The van der Waals surface area contributed by atoms with Gasteiger partial charge in [-0.05, 0) is 31.2 Å². The van der Waals surface area contributed by atoms with Crippen molar-refractivity contribution in [3.63, 3.8) is 0 Å². The predicted molar refractivity (Wildman–Crippen MR) is 116 cm³/mol. The lowest BCUT2D eigenvalue weighted by Gasteiger charge is -2.45. The molecule has 1 fully saturated rings. The molecule has 1 aromatic rings. The van der Waals surface area contributed by atoms with Crippen LogP contribution in [0.4, 0.5) is 17.6 Å². The van der Waals surface area contributed by atoms with Gasteiger partial charge in [-0.15, -0.1) is 0 Å². The van der Waals surface area contributed by atoms with Gasteiger partial charge in [-0.3, -0.25) is 4.79 Å². The van der Waals surface area contributed by atoms with E-state index in [4.69, 9.17) is 10.5 Å². The van der Waals surface area contributed by atoms with Crippen molar-refractivity contribution in [3.05, 3.63) is 59.9 Å². The molecular weight excluding hydrogens is 464 g/mol. The van der Waals surface area contributed by atoms with Crippen LogP contribution >= 0.6 is 11.8 Å². The monoisotopic (exact) mass is 486 g/mol. The van der Waals surface area contributed by atoms with E-state index in [0.29, 0.717) is 5.75 Å². The van der Waals surface area contributed by atoms with Gasteiger partial charge in [0.25, 0.3) is 5.91 Å². The number of alkyl halides is 3. The van der Waals surface area contributed by atoms with Crippen molar-refractivity contribution in [2.45, 2.75) is 25.2 Å². The molecule has 3 rings (SSSR count). The lowest BCUT2D eigenvalue weighted by molar-refractivity contribution is -0.0500. The summed E-state index contributed by atoms with van der Waals surface area (Å²) < 4.78 is 63.3. The second-order valence-electron chi connectivity index (χ2n) is 7.38. The van der Waals surface area contributed by atoms with Crippen LogP contribution < -0.4 is 15.8 Å². The SMILES string of the molecule is C=C(/C(F)=C\C=C(/C)NC(=O)c1ccc(OC(F)F)cn1)[C@]12COC[C@@H](F)[C@H]1CSC(N)=N2. The molecule has 12 heteroatoms. The number of fused-ring (bicyclic) bond motifs is 1. The number of thioether (sulfide) groups is 1. The number of carbonyl (C=O) groups excluding carboxylic acids is 1. The second-order valence-corrected chi connectivity index (χ2v) is 8.42. The number of halogens is 4. The summed E-state index contributed by atoms with van der Waals surface area (Å²) in [5, 5.41) is 2.70. The predicted octanol–water partition coefficient (Wildman–Crippen LogP) is 3.51. The molecule has 7 nitrogen and oxygen atoms in total. The molecule has 0 aliphatic carbocycles. The van der Waals surface area contributed by atoms with E-state index >= 15 is 0 Å². The number of nitrogens with one attached hydrogen (secondary N) is 1. The van der Waals surface area contributed by atoms with Gasteiger partial charge in [0.1, 0.15) is 29.0 Å². The largest absolute Gasteiger partial charge is 0.433 e. The number of amides is 1. The second kappa shape index (κ2) is 10.4. The van der Waals surface area contributed by atoms with Crippen molar-refractivity contribution in [2.24, 2.45) is 16.6 Å². The smallest absolute Gasteiger partial charge is 0.387 e. The van der Waals surface area contributed by atoms with Crippen molar-refractivity contribution in [1.82, 2.24) is 10.3 Å². The number of hydrogen-bond acceptors (Lipinski definition) is 7. The van der Waals surface area contributed by atoms with Crippen LogP contribution in [0.1, 0.15) is 17.4 Å². The quantitative estimate of drug-likeness (QED) is 0.452. The number of hydrogen-bond donors (Lipinski definition) is 2. The van der Waals surface area contributed by atoms with Gasteiger partial charge in [0.2, 0.25) is 0 Å². The van der Waals surface area contributed by atoms with Crippen LogP contribution in [-0.2, 0) is 4.74 Å². The Labute approximate surface area is 191 Å². The maximum atomic E-state index is 15.0. The average molecular weight is 486 g/mol. The van der Waals surface area contributed by atoms with Gasteiger partial charge in [0.05, 0.1) is 19.4 Å². The maximum absolute atomic E-state index is 15.0. The van der Waals surface area contributed by atoms with E-state index in [0.717, 1.165) is 12.3 Å². The minimum absolute atomic E-state index is 0.0458. The average Bonchev–Trinajstić information content (AvgIpc) is 2.76. The molecule has 2 aliphatic rings. The summed E-state index contributed by atoms with van der Waals surface area (Å²) in [6, 6.07) is 2.38. The molecule has 1 saturated heterocycles. The van der Waals surface area contributed by atoms with Crippen LogP contribution in [0.5, 0.6) is 5.75 Å². The molecule has 3 heterocycles. The molecule has 3 N–H and O–H groups in total. The number of rotatable bonds is 7. The number of pyridine rings is 1. The van der Waals surface area contributed by atoms with Gasteiger partial charge < -0.3 is 20.5 Å². The number of nitrogens with two attached hydrogens (primary N) is 1. The summed E-state index contributed by atoms with van der Waals surface area (Å²) >= 11 is 1.20. The first-order chi connectivity index (χ1) is 15.6. The van der Waals surface area contributed by atoms with E-state index in [1.807, 2.05) is 0 Å². The minimum atomic E-state index is -3.01. The Bertz CT molecular complexity index is 1000. The first kappa shape index (κ1) is 24.8. The molecule has 1 amide bonds. The Morgan fingerprint density at radius 3 is 2.88 bits per heavy atom. The highest BCUT2D eigenvalue weighted by Crippen LogP contribution is 2.44. The number of aromatic nitrogens is 1. The summed E-state index contributed by atoms with van der Waals surface area (Å²) in [6.07, 6.45) is 2.01. The van der Waals surface area contributed by atoms with Gasteiger partial charge in [0, 0.05) is 22.9 Å². The number of nitrogens with zero attached hydrogens (tertiary/aromatic N) is 2. The highest BCUT2D eigenvalue weighted by atomic mass is 32.2. The van der Waals surface area contributed by atoms with Crippen molar-refractivity contribution >= 4 is 22.8 Å². The van der Waals surface area contributed by atoms with Gasteiger partial charge in [0.15, 0.2) is 5.17 Å². The molecule has 2 aliphatic heterocycles. The van der Waals surface area contributed by atoms with Crippen LogP contribution in [0.15, 0.2) is 59.1 Å². The minimum Gasteiger partial charge on any atom is -0.433 e. The van der Waals surface area contributed by atoms with Crippen molar-refractivity contribution < 1.29 is 31.8 Å². The molecule has 0 spiro atoms. The Hall–Kier alpha value is -2.86. The topological polar surface area (TPSA) is 98.8 Å². The lowest BCUT2D eigenvalue weighted by Crippen LogP contribution is -2.56. The van der Waals surface area contributed by atoms with Crippen LogP contribution in [0.25, 0.3) is 0 Å². The number of allylic oxidation sites excluding steroid dienone is 3. The summed E-state index contributed by atoms with van der Waals surface area (Å²) in [7, 11) is 0. The number of aliphatic imine (C=N–C) groups is 1. The van der Waals surface area contributed by atoms with Gasteiger partial charge in [-0.1, -0.05) is 18.3 Å². The summed E-state index contributed by atoms with van der Waals surface area (Å²) in [6.45, 7) is 2.14. The number of amidine groups is 1. The van der Waals surface area contributed by atoms with E-state index < -0.39 is 36.0 Å². The Kier molecular flexibility index (Phi) is 7.80. The molecule has 33 heavy (non-hydrogen) atoms. The van der Waals surface area contributed by atoms with Gasteiger partial charge in [-0.25, -0.2) is 18.8 Å². The highest BCUT2D eigenvalue weighted by Gasteiger charge is 2.52. The first-order valence-electron chi connectivity index (χ1n) is 9.78. The molecule has 0 radical (unpaired) electrons. The first-order valence-corrected chi connectivity index (χ1v) is 10.8. The zero-order chi connectivity index (χ0) is 24.2. The van der Waals surface area contributed by atoms with Gasteiger partial charge >= 0.3 is 6.61 Å². The number of carbonyl (C=O) groups is 1. The van der Waals surface area contributed by atoms with Crippen LogP contribution in [0.3, 0.4) is 0 Å². The van der Waals surface area contributed by atoms with E-state index in [9.17, 15) is 22.4 Å². The molecule has 0 saturated carbocycles. The third kappa shape index (κ3) is 5.74. The fourth-order valence-electron chi connectivity index (χ4n) is 3.47. The third-order valence-corrected chi connectivity index (χ3v) is 6.08. The van der Waals surface area contributed by atoms with Crippen LogP contribution in [0, 0.1) is 5.92 Å². The highest BCUT2D eigenvalue weighted by molar-refractivity contribution is 8.13. The zero-order valence-electron chi connectivity index (χ0n) is 17.6. The summed E-state index contributed by atoms with van der Waals surface area (Å²) in [5.41, 5.74) is 4.61.